The van der Waals surface area contributed by atoms with Crippen molar-refractivity contribution in [3.05, 3.63) is 133 Å². The van der Waals surface area contributed by atoms with Crippen molar-refractivity contribution >= 4 is 105 Å². The molecule has 0 amide bonds. The lowest BCUT2D eigenvalue weighted by Crippen LogP contribution is -2.62. The lowest BCUT2D eigenvalue weighted by Gasteiger charge is -2.41. The molecule has 13 rings (SSSR count). The molecule has 14 heteroatoms. The third kappa shape index (κ3) is 5.55. The molecule has 6 aliphatic rings. The number of hydrogen-bond acceptors (Lipinski definition) is 10. The summed E-state index contributed by atoms with van der Waals surface area (Å²) in [5.41, 5.74) is 17.4. The van der Waals surface area contributed by atoms with Gasteiger partial charge in [-0.3, -0.25) is 0 Å². The monoisotopic (exact) mass is 878 g/mol. The second-order valence-corrected chi connectivity index (χ2v) is 21.5. The third-order valence-corrected chi connectivity index (χ3v) is 18.1. The fraction of sp³-hybridized carbons (Fsp3) is 0.167. The van der Waals surface area contributed by atoms with E-state index in [2.05, 4.69) is 180 Å². The van der Waals surface area contributed by atoms with Crippen LogP contribution in [0.5, 0.6) is 0 Å². The fourth-order valence-electron chi connectivity index (χ4n) is 10.2. The Morgan fingerprint density at radius 3 is 1.08 bits per heavy atom. The van der Waals surface area contributed by atoms with Crippen molar-refractivity contribution in [2.75, 3.05) is 37.2 Å². The summed E-state index contributed by atoms with van der Waals surface area (Å²) in [5, 5.41) is 9.90. The first-order chi connectivity index (χ1) is 30.1. The van der Waals surface area contributed by atoms with Crippen molar-refractivity contribution in [3.8, 4) is 11.4 Å². The first-order valence-corrected chi connectivity index (χ1v) is 24.3. The van der Waals surface area contributed by atoms with E-state index >= 15 is 0 Å². The predicted molar refractivity (Wildman–Crippen MR) is 260 cm³/mol. The second-order valence-electron chi connectivity index (χ2n) is 17.3. The highest BCUT2D eigenvalue weighted by atomic mass is 32.2. The van der Waals surface area contributed by atoms with Gasteiger partial charge in [-0.15, -0.1) is 0 Å². The predicted octanol–water partition coefficient (Wildman–Crippen LogP) is 6.54. The van der Waals surface area contributed by atoms with Gasteiger partial charge in [0, 0.05) is 101 Å². The molecule has 0 N–H and O–H groups in total. The molecule has 7 aromatic rings. The largest absolute Gasteiger partial charge is 0.361 e. The van der Waals surface area contributed by atoms with E-state index in [1.54, 1.807) is 0 Å². The normalized spacial score (nSPS) is 16.2. The molecule has 0 radical (unpaired) electrons. The smallest absolute Gasteiger partial charge is 0.247 e. The molecule has 2 aromatic heterocycles. The van der Waals surface area contributed by atoms with E-state index in [-0.39, 0.29) is 13.4 Å². The molecule has 62 heavy (non-hydrogen) atoms. The average molecular weight is 879 g/mol. The Morgan fingerprint density at radius 1 is 0.435 bits per heavy atom. The van der Waals surface area contributed by atoms with Gasteiger partial charge in [-0.25, -0.2) is 9.36 Å². The molecule has 0 unspecified atom stereocenters. The van der Waals surface area contributed by atoms with E-state index in [4.69, 9.17) is 10.2 Å². The molecule has 0 spiro atoms. The minimum absolute atomic E-state index is 0.0624. The maximum Gasteiger partial charge on any atom is 0.247 e. The Balaban J connectivity index is 1.05. The van der Waals surface area contributed by atoms with Crippen LogP contribution in [0.1, 0.15) is 22.8 Å². The van der Waals surface area contributed by atoms with Crippen LogP contribution in [0, 0.1) is 27.7 Å². The van der Waals surface area contributed by atoms with Gasteiger partial charge in [0.25, 0.3) is 0 Å². The van der Waals surface area contributed by atoms with Crippen molar-refractivity contribution in [1.29, 1.82) is 0 Å². The van der Waals surface area contributed by atoms with Crippen LogP contribution in [0.25, 0.3) is 11.4 Å². The summed E-state index contributed by atoms with van der Waals surface area (Å²) in [6.07, 6.45) is 8.73. The van der Waals surface area contributed by atoms with E-state index in [9.17, 15) is 0 Å². The molecule has 5 aromatic carbocycles. The second kappa shape index (κ2) is 13.6. The minimum atomic E-state index is 0.0624. The molecular weight excluding hydrogens is 838 g/mol. The Hall–Kier alpha value is -5.27. The van der Waals surface area contributed by atoms with E-state index in [0.29, 0.717) is 0 Å². The first-order valence-electron chi connectivity index (χ1n) is 21.0. The number of anilines is 2. The summed E-state index contributed by atoms with van der Waals surface area (Å²) < 4.78 is 4.23. The van der Waals surface area contributed by atoms with Gasteiger partial charge >= 0.3 is 0 Å². The van der Waals surface area contributed by atoms with Crippen molar-refractivity contribution < 1.29 is 0 Å². The quantitative estimate of drug-likeness (QED) is 0.182. The molecular formula is C48H40B2N8S4. The van der Waals surface area contributed by atoms with Crippen LogP contribution in [0.4, 0.5) is 11.4 Å². The van der Waals surface area contributed by atoms with Crippen molar-refractivity contribution in [3.63, 3.8) is 0 Å². The lowest BCUT2D eigenvalue weighted by molar-refractivity contribution is 0.496. The van der Waals surface area contributed by atoms with E-state index in [1.165, 1.54) is 83.3 Å². The van der Waals surface area contributed by atoms with Gasteiger partial charge < -0.3 is 19.6 Å². The average Bonchev–Trinajstić information content (AvgIpc) is 4.07. The number of rotatable bonds is 4. The number of aryl methyl sites for hydroxylation is 4. The maximum absolute atomic E-state index is 4.95. The Morgan fingerprint density at radius 2 is 0.774 bits per heavy atom. The van der Waals surface area contributed by atoms with Gasteiger partial charge in [0.1, 0.15) is 0 Å². The summed E-state index contributed by atoms with van der Waals surface area (Å²) in [4.78, 5) is 20.1. The number of hydrogen-bond donors (Lipinski definition) is 0. The summed E-state index contributed by atoms with van der Waals surface area (Å²) >= 11 is 7.91. The molecule has 0 saturated carbocycles. The van der Waals surface area contributed by atoms with Crippen LogP contribution in [0.15, 0.2) is 149 Å². The van der Waals surface area contributed by atoms with E-state index in [0.717, 1.165) is 47.5 Å². The highest BCUT2D eigenvalue weighted by Crippen LogP contribution is 2.51. The number of fused-ring (bicyclic) bond motifs is 10. The Bertz CT molecular complexity index is 2960. The standard InChI is InChI=1S/C48H40B2N8S4/c1-27-19-29(3)57(51-27)33-9-13-41-37(23-33)49-35-21-31(55-17-15-53(5)25-55)7-11-39(35)59-45-43(49)47(61-41)48-44-46(45)60-40-12-8-32(56-18-16-54(6)26-56)22-36(40)50(44)38-24-34(10-14-42(38)62-48)58-30(4)20-28(2)52-58/h7-24H,25-26H2,1-6H3. The van der Waals surface area contributed by atoms with Crippen molar-refractivity contribution in [2.24, 2.45) is 0 Å². The zero-order valence-electron chi connectivity index (χ0n) is 35.2. The molecule has 0 saturated heterocycles. The van der Waals surface area contributed by atoms with Gasteiger partial charge in [-0.2, -0.15) is 10.2 Å². The molecule has 0 atom stereocenters. The number of nitrogens with zero attached hydrogens (tertiary/aromatic N) is 8. The van der Waals surface area contributed by atoms with Crippen LogP contribution in [0.3, 0.4) is 0 Å². The van der Waals surface area contributed by atoms with Gasteiger partial charge in [0.05, 0.1) is 36.1 Å². The van der Waals surface area contributed by atoms with Crippen LogP contribution < -0.4 is 42.6 Å². The lowest BCUT2D eigenvalue weighted by atomic mass is 9.34. The third-order valence-electron chi connectivity index (χ3n) is 13.0. The molecule has 8 nitrogen and oxygen atoms in total. The summed E-state index contributed by atoms with van der Waals surface area (Å²) in [6.45, 7) is 10.3. The highest BCUT2D eigenvalue weighted by molar-refractivity contribution is 8.05. The van der Waals surface area contributed by atoms with Gasteiger partial charge in [0.15, 0.2) is 0 Å². The molecule has 0 aliphatic carbocycles. The first kappa shape index (κ1) is 37.3. The fourth-order valence-corrected chi connectivity index (χ4v) is 15.6. The summed E-state index contributed by atoms with van der Waals surface area (Å²) in [6, 6.07) is 32.8. The molecule has 0 fully saturated rings. The van der Waals surface area contributed by atoms with Crippen LogP contribution >= 0.6 is 47.0 Å². The van der Waals surface area contributed by atoms with E-state index < -0.39 is 0 Å². The van der Waals surface area contributed by atoms with Crippen LogP contribution in [-0.4, -0.2) is 70.2 Å². The zero-order chi connectivity index (χ0) is 41.7. The number of benzene rings is 5. The van der Waals surface area contributed by atoms with Crippen molar-refractivity contribution in [1.82, 2.24) is 29.4 Å². The summed E-state index contributed by atoms with van der Waals surface area (Å²) in [7, 11) is 4.28. The number of aromatic nitrogens is 4. The SMILES string of the molecule is Cc1cc(C)n(-c2ccc3c(c2)B2c4cc(N5C=CN(C)C5)ccc4Sc4c5c6c(c(c42)S3)Sc2ccc(-n3nc(C)cc3C)cc2B6c2cc(N3C=CN(C)C3)ccc2S5)n1. The van der Waals surface area contributed by atoms with Crippen molar-refractivity contribution in [2.45, 2.75) is 66.9 Å². The topological polar surface area (TPSA) is 48.6 Å². The van der Waals surface area contributed by atoms with E-state index in [1.807, 2.05) is 47.0 Å². The summed E-state index contributed by atoms with van der Waals surface area (Å²) in [5.74, 6) is 0. The maximum atomic E-state index is 4.95. The van der Waals surface area contributed by atoms with Crippen LogP contribution in [0.2, 0.25) is 0 Å². The van der Waals surface area contributed by atoms with Gasteiger partial charge in [-0.05, 0) is 124 Å². The van der Waals surface area contributed by atoms with Gasteiger partial charge in [0.2, 0.25) is 13.4 Å². The molecule has 302 valence electrons. The van der Waals surface area contributed by atoms with Gasteiger partial charge in [-0.1, -0.05) is 68.9 Å². The Labute approximate surface area is 379 Å². The highest BCUT2D eigenvalue weighted by Gasteiger charge is 2.47. The Kier molecular flexibility index (Phi) is 8.19. The van der Waals surface area contributed by atoms with Crippen LogP contribution in [-0.2, 0) is 0 Å². The molecule has 0 bridgehead atoms. The molecule has 8 heterocycles. The minimum Gasteiger partial charge on any atom is -0.361 e. The molecule has 6 aliphatic heterocycles. The zero-order valence-corrected chi connectivity index (χ0v) is 38.4.